The first-order valence-corrected chi connectivity index (χ1v) is 11.1. The Morgan fingerprint density at radius 2 is 2.00 bits per heavy atom. The van der Waals surface area contributed by atoms with Crippen LogP contribution >= 0.6 is 0 Å². The van der Waals surface area contributed by atoms with Gasteiger partial charge in [0.2, 0.25) is 0 Å². The molecule has 1 saturated heterocycles. The van der Waals surface area contributed by atoms with E-state index < -0.39 is 6.17 Å². The number of nitrogens with one attached hydrogen (secondary N) is 2. The SMILES string of the molecule is C=C(NCCN1CCC(F)C1)c1ccc(-c2cnc3ccc(NCC4CC4)nn23)cc1.[HH].[HH]. The number of likely N-dealkylation sites (tertiary alicyclic amines) is 1. The van der Waals surface area contributed by atoms with E-state index in [1.54, 1.807) is 0 Å². The van der Waals surface area contributed by atoms with Gasteiger partial charge in [-0.2, -0.15) is 0 Å². The molecular weight excluding hydrogens is 391 g/mol. The Bertz CT molecular complexity index is 1070. The molecule has 1 aromatic carbocycles. The van der Waals surface area contributed by atoms with Gasteiger partial charge < -0.3 is 10.6 Å². The molecule has 5 rings (SSSR count). The van der Waals surface area contributed by atoms with Crippen molar-refractivity contribution in [3.63, 3.8) is 0 Å². The number of nitrogens with zero attached hydrogens (tertiary/aromatic N) is 4. The molecule has 166 valence electrons. The minimum absolute atomic E-state index is 0. The molecule has 1 atom stereocenters. The van der Waals surface area contributed by atoms with Crippen LogP contribution in [-0.4, -0.2) is 58.4 Å². The molecule has 1 unspecified atom stereocenters. The van der Waals surface area contributed by atoms with E-state index in [4.69, 9.17) is 5.10 Å². The quantitative estimate of drug-likeness (QED) is 0.536. The number of fused-ring (bicyclic) bond motifs is 1. The number of benzene rings is 1. The lowest BCUT2D eigenvalue weighted by molar-refractivity contribution is 0.290. The van der Waals surface area contributed by atoms with E-state index in [0.717, 1.165) is 66.1 Å². The van der Waals surface area contributed by atoms with Crippen molar-refractivity contribution in [1.82, 2.24) is 24.8 Å². The second-order valence-corrected chi connectivity index (χ2v) is 8.63. The van der Waals surface area contributed by atoms with Crippen LogP contribution < -0.4 is 10.6 Å². The highest BCUT2D eigenvalue weighted by Crippen LogP contribution is 2.29. The molecule has 3 heterocycles. The summed E-state index contributed by atoms with van der Waals surface area (Å²) < 4.78 is 15.2. The molecule has 0 amide bonds. The molecule has 1 aliphatic heterocycles. The maximum Gasteiger partial charge on any atom is 0.154 e. The van der Waals surface area contributed by atoms with Crippen molar-refractivity contribution in [3.05, 3.63) is 54.7 Å². The first-order chi connectivity index (χ1) is 15.2. The van der Waals surface area contributed by atoms with Crippen LogP contribution in [0.5, 0.6) is 0 Å². The second-order valence-electron chi connectivity index (χ2n) is 8.63. The first-order valence-electron chi connectivity index (χ1n) is 11.1. The van der Waals surface area contributed by atoms with Crippen LogP contribution in [0.2, 0.25) is 0 Å². The number of hydrogen-bond donors (Lipinski definition) is 2. The van der Waals surface area contributed by atoms with Crippen molar-refractivity contribution < 1.29 is 7.24 Å². The second kappa shape index (κ2) is 8.67. The van der Waals surface area contributed by atoms with Crippen molar-refractivity contribution in [2.45, 2.75) is 25.4 Å². The summed E-state index contributed by atoms with van der Waals surface area (Å²) in [4.78, 5) is 6.65. The highest BCUT2D eigenvalue weighted by molar-refractivity contribution is 5.68. The van der Waals surface area contributed by atoms with Crippen molar-refractivity contribution in [2.75, 3.05) is 38.0 Å². The van der Waals surface area contributed by atoms with E-state index in [-0.39, 0.29) is 2.85 Å². The maximum absolute atomic E-state index is 13.3. The summed E-state index contributed by atoms with van der Waals surface area (Å²) >= 11 is 0. The van der Waals surface area contributed by atoms with Gasteiger partial charge in [0.05, 0.1) is 11.9 Å². The van der Waals surface area contributed by atoms with Crippen LogP contribution in [0.4, 0.5) is 10.2 Å². The predicted molar refractivity (Wildman–Crippen MR) is 127 cm³/mol. The molecular formula is C24H33FN6. The van der Waals surface area contributed by atoms with E-state index >= 15 is 0 Å². The fourth-order valence-electron chi connectivity index (χ4n) is 4.03. The Balaban J connectivity index is 0.00000153. The van der Waals surface area contributed by atoms with Crippen LogP contribution in [0.25, 0.3) is 22.6 Å². The lowest BCUT2D eigenvalue weighted by Gasteiger charge is -2.16. The minimum atomic E-state index is -0.671. The molecule has 2 fully saturated rings. The Morgan fingerprint density at radius 3 is 2.74 bits per heavy atom. The maximum atomic E-state index is 13.3. The summed E-state index contributed by atoms with van der Waals surface area (Å²) in [5.41, 5.74) is 4.78. The van der Waals surface area contributed by atoms with Gasteiger partial charge in [-0.25, -0.2) is 13.9 Å². The molecule has 0 spiro atoms. The Morgan fingerprint density at radius 1 is 1.16 bits per heavy atom. The van der Waals surface area contributed by atoms with E-state index in [2.05, 4.69) is 51.4 Å². The van der Waals surface area contributed by atoms with Crippen molar-refractivity contribution in [2.24, 2.45) is 5.92 Å². The third kappa shape index (κ3) is 4.71. The highest BCUT2D eigenvalue weighted by Gasteiger charge is 2.21. The van der Waals surface area contributed by atoms with Crippen molar-refractivity contribution in [1.29, 1.82) is 0 Å². The van der Waals surface area contributed by atoms with E-state index in [0.29, 0.717) is 13.0 Å². The fourth-order valence-corrected chi connectivity index (χ4v) is 4.03. The zero-order valence-electron chi connectivity index (χ0n) is 17.7. The number of halogens is 1. The summed E-state index contributed by atoms with van der Waals surface area (Å²) in [5, 5.41) is 11.5. The largest absolute Gasteiger partial charge is 0.384 e. The minimum Gasteiger partial charge on any atom is -0.384 e. The summed E-state index contributed by atoms with van der Waals surface area (Å²) in [6, 6.07) is 12.3. The van der Waals surface area contributed by atoms with Gasteiger partial charge in [0, 0.05) is 46.8 Å². The van der Waals surface area contributed by atoms with Gasteiger partial charge in [-0.05, 0) is 42.9 Å². The van der Waals surface area contributed by atoms with Gasteiger partial charge in [0.15, 0.2) is 5.65 Å². The molecule has 0 bridgehead atoms. The zero-order chi connectivity index (χ0) is 21.2. The van der Waals surface area contributed by atoms with Gasteiger partial charge in [0.25, 0.3) is 0 Å². The average Bonchev–Trinajstić information content (AvgIpc) is 3.38. The lowest BCUT2D eigenvalue weighted by Crippen LogP contribution is -2.30. The zero-order valence-corrected chi connectivity index (χ0v) is 17.7. The van der Waals surface area contributed by atoms with Crippen molar-refractivity contribution >= 4 is 17.2 Å². The number of alkyl halides is 1. The third-order valence-corrected chi connectivity index (χ3v) is 6.14. The number of aromatic nitrogens is 3. The van der Waals surface area contributed by atoms with Gasteiger partial charge in [-0.15, -0.1) is 5.10 Å². The lowest BCUT2D eigenvalue weighted by atomic mass is 10.1. The van der Waals surface area contributed by atoms with Crippen LogP contribution in [0.15, 0.2) is 49.2 Å². The van der Waals surface area contributed by atoms with Crippen LogP contribution in [-0.2, 0) is 0 Å². The smallest absolute Gasteiger partial charge is 0.154 e. The number of rotatable bonds is 9. The molecule has 1 saturated carbocycles. The Kier molecular flexibility index (Phi) is 5.59. The Labute approximate surface area is 185 Å². The summed E-state index contributed by atoms with van der Waals surface area (Å²) in [6.07, 6.45) is 4.47. The molecule has 0 radical (unpaired) electrons. The molecule has 2 aliphatic rings. The first kappa shape index (κ1) is 20.0. The van der Waals surface area contributed by atoms with Crippen LogP contribution in [0, 0.1) is 5.92 Å². The van der Waals surface area contributed by atoms with Gasteiger partial charge >= 0.3 is 0 Å². The normalized spacial score (nSPS) is 19.1. The van der Waals surface area contributed by atoms with Crippen LogP contribution in [0.3, 0.4) is 0 Å². The van der Waals surface area contributed by atoms with Crippen LogP contribution in [0.1, 0.15) is 27.7 Å². The van der Waals surface area contributed by atoms with E-state index in [1.165, 1.54) is 12.8 Å². The summed E-state index contributed by atoms with van der Waals surface area (Å²) in [6.45, 7) is 8.13. The van der Waals surface area contributed by atoms with Gasteiger partial charge in [0.1, 0.15) is 12.0 Å². The van der Waals surface area contributed by atoms with Gasteiger partial charge in [-0.3, -0.25) is 4.90 Å². The molecule has 6 nitrogen and oxygen atoms in total. The summed E-state index contributed by atoms with van der Waals surface area (Å²) in [7, 11) is 0. The van der Waals surface area contributed by atoms with E-state index in [1.807, 2.05) is 22.8 Å². The summed E-state index contributed by atoms with van der Waals surface area (Å²) in [5.74, 6) is 1.68. The number of hydrogen-bond acceptors (Lipinski definition) is 5. The van der Waals surface area contributed by atoms with Gasteiger partial charge in [-0.1, -0.05) is 30.8 Å². The molecule has 2 N–H and O–H groups in total. The monoisotopic (exact) mass is 424 g/mol. The van der Waals surface area contributed by atoms with Crippen molar-refractivity contribution in [3.8, 4) is 11.3 Å². The molecule has 7 heteroatoms. The van der Waals surface area contributed by atoms with E-state index in [9.17, 15) is 4.39 Å². The fraction of sp³-hybridized carbons (Fsp3) is 0.417. The standard InChI is InChI=1S/C24H29FN6.2H2/c1-17(26-11-13-30-12-10-21(25)16-30)19-4-6-20(7-5-19)22-15-28-24-9-8-23(29-31(22)24)27-14-18-2-3-18;;/h4-9,15,18,21,26H,1-3,10-14,16H2,(H,27,29);2*1H. The molecule has 31 heavy (non-hydrogen) atoms. The average molecular weight is 425 g/mol. The highest BCUT2D eigenvalue weighted by atomic mass is 19.1. The molecule has 1 aliphatic carbocycles. The molecule has 3 aromatic rings. The number of anilines is 1. The predicted octanol–water partition coefficient (Wildman–Crippen LogP) is 4.31. The molecule has 2 aromatic heterocycles. The third-order valence-electron chi connectivity index (χ3n) is 6.14. The number of imidazole rings is 1. The Hall–Kier alpha value is -2.93. The topological polar surface area (TPSA) is 57.5 Å².